The van der Waals surface area contributed by atoms with E-state index in [9.17, 15) is 32.3 Å². The molecule has 2 atom stereocenters. The molecule has 4 amide bonds. The van der Waals surface area contributed by atoms with E-state index in [2.05, 4.69) is 15.0 Å². The molecule has 3 aromatic rings. The van der Waals surface area contributed by atoms with Gasteiger partial charge in [0.1, 0.15) is 17.7 Å². The maximum Gasteiger partial charge on any atom is 0.405 e. The Morgan fingerprint density at radius 1 is 0.980 bits per heavy atom. The predicted octanol–water partition coefficient (Wildman–Crippen LogP) is 4.72. The number of piperazine rings is 1. The third kappa shape index (κ3) is 8.52. The van der Waals surface area contributed by atoms with Crippen LogP contribution in [0.25, 0.3) is 11.5 Å². The lowest BCUT2D eigenvalue weighted by molar-refractivity contribution is -0.141. The van der Waals surface area contributed by atoms with Crippen LogP contribution < -0.4 is 20.5 Å². The fourth-order valence-corrected chi connectivity index (χ4v) is 5.69. The number of hydrogen-bond donors (Lipinski definition) is 2. The molecule has 17 heteroatoms. The molecule has 2 aromatic carbocycles. The number of nitrogens with two attached hydrogens (primary N) is 1. The highest BCUT2D eigenvalue weighted by Gasteiger charge is 2.38. The number of carbonyl (C=O) groups excluding carboxylic acids is 4. The van der Waals surface area contributed by atoms with Crippen LogP contribution in [-0.2, 0) is 14.3 Å². The number of nitrogens with one attached hydrogen (secondary N) is 1. The minimum atomic E-state index is -3.13. The van der Waals surface area contributed by atoms with E-state index in [1.807, 2.05) is 0 Å². The molecule has 3 aliphatic rings. The van der Waals surface area contributed by atoms with Crippen LogP contribution in [0.1, 0.15) is 66.6 Å². The van der Waals surface area contributed by atoms with E-state index in [1.165, 1.54) is 30.0 Å². The molecule has 0 spiro atoms. The van der Waals surface area contributed by atoms with Crippen molar-refractivity contribution in [1.29, 1.82) is 0 Å². The number of rotatable bonds is 13. The van der Waals surface area contributed by atoms with Crippen LogP contribution in [0.4, 0.5) is 22.4 Å². The number of primary amides is 1. The molecule has 272 valence electrons. The summed E-state index contributed by atoms with van der Waals surface area (Å²) in [4.78, 5) is 59.4. The maximum atomic E-state index is 15.2. The van der Waals surface area contributed by atoms with Gasteiger partial charge in [0, 0.05) is 49.3 Å². The standard InChI is InChI=1S/C34H35F4N5O8/c1-17(49-34(39)47)28-27(41-30(51-28)20-6-9-24(50-33(37)38)25(14-20)48-16-18-2-3-18)29(44)40-26(22-8-7-21(35)15-23(22)36)32(46)43-12-10-42(11-13-43)31(45)19-4-5-19/h6-9,14-15,17-19,26,33H,2-5,10-13,16H2,1H3,(H2,39,47)(H,40,44). The van der Waals surface area contributed by atoms with E-state index in [0.29, 0.717) is 6.07 Å². The molecule has 51 heavy (non-hydrogen) atoms. The molecular weight excluding hydrogens is 682 g/mol. The molecule has 2 heterocycles. The van der Waals surface area contributed by atoms with Gasteiger partial charge in [0.15, 0.2) is 29.1 Å². The quantitative estimate of drug-likeness (QED) is 0.238. The summed E-state index contributed by atoms with van der Waals surface area (Å²) in [5.74, 6) is -4.38. The van der Waals surface area contributed by atoms with Gasteiger partial charge in [-0.15, -0.1) is 0 Å². The van der Waals surface area contributed by atoms with Crippen molar-refractivity contribution >= 4 is 23.8 Å². The minimum absolute atomic E-state index is 0.0102. The average molecular weight is 718 g/mol. The zero-order valence-corrected chi connectivity index (χ0v) is 27.4. The first-order chi connectivity index (χ1) is 24.4. The Kier molecular flexibility index (Phi) is 10.3. The number of carbonyl (C=O) groups is 4. The van der Waals surface area contributed by atoms with Gasteiger partial charge in [-0.3, -0.25) is 14.4 Å². The van der Waals surface area contributed by atoms with Crippen molar-refractivity contribution in [1.82, 2.24) is 20.1 Å². The van der Waals surface area contributed by atoms with Crippen LogP contribution in [-0.4, -0.2) is 78.0 Å². The number of halogens is 4. The zero-order valence-electron chi connectivity index (χ0n) is 27.4. The summed E-state index contributed by atoms with van der Waals surface area (Å²) >= 11 is 0. The number of nitrogens with zero attached hydrogens (tertiary/aromatic N) is 3. The second-order valence-electron chi connectivity index (χ2n) is 12.6. The van der Waals surface area contributed by atoms with Gasteiger partial charge in [0.2, 0.25) is 17.7 Å². The molecule has 3 N–H and O–H groups in total. The van der Waals surface area contributed by atoms with Gasteiger partial charge in [-0.25, -0.2) is 18.6 Å². The highest BCUT2D eigenvalue weighted by atomic mass is 19.3. The van der Waals surface area contributed by atoms with Crippen molar-refractivity contribution in [3.05, 3.63) is 65.1 Å². The summed E-state index contributed by atoms with van der Waals surface area (Å²) in [6.07, 6.45) is 0.969. The number of hydrogen-bond acceptors (Lipinski definition) is 9. The fraction of sp³-hybridized carbons (Fsp3) is 0.441. The molecule has 2 aliphatic carbocycles. The van der Waals surface area contributed by atoms with E-state index < -0.39 is 54.0 Å². The van der Waals surface area contributed by atoms with Gasteiger partial charge < -0.3 is 39.5 Å². The Balaban J connectivity index is 1.30. The van der Waals surface area contributed by atoms with E-state index >= 15 is 4.39 Å². The Hall–Kier alpha value is -5.35. The zero-order chi connectivity index (χ0) is 36.4. The summed E-state index contributed by atoms with van der Waals surface area (Å²) in [7, 11) is 0. The number of aromatic nitrogens is 1. The lowest BCUT2D eigenvalue weighted by Gasteiger charge is -2.36. The second-order valence-corrected chi connectivity index (χ2v) is 12.6. The number of ether oxygens (including phenoxy) is 3. The van der Waals surface area contributed by atoms with E-state index in [4.69, 9.17) is 19.6 Å². The van der Waals surface area contributed by atoms with Crippen molar-refractivity contribution < 1.29 is 55.4 Å². The molecule has 0 radical (unpaired) electrons. The van der Waals surface area contributed by atoms with Crippen LogP contribution in [0.15, 0.2) is 40.8 Å². The molecule has 2 unspecified atom stereocenters. The third-order valence-corrected chi connectivity index (χ3v) is 8.73. The van der Waals surface area contributed by atoms with E-state index in [1.54, 1.807) is 4.90 Å². The van der Waals surface area contributed by atoms with Gasteiger partial charge in [-0.05, 0) is 62.8 Å². The van der Waals surface area contributed by atoms with Crippen molar-refractivity contribution in [2.75, 3.05) is 32.8 Å². The van der Waals surface area contributed by atoms with Crippen molar-refractivity contribution in [3.8, 4) is 23.0 Å². The smallest absolute Gasteiger partial charge is 0.405 e. The topological polar surface area (TPSA) is 167 Å². The van der Waals surface area contributed by atoms with Crippen LogP contribution in [0.2, 0.25) is 0 Å². The Bertz CT molecular complexity index is 1810. The summed E-state index contributed by atoms with van der Waals surface area (Å²) in [6, 6.07) is 4.71. The highest BCUT2D eigenvalue weighted by molar-refractivity contribution is 5.98. The van der Waals surface area contributed by atoms with Crippen molar-refractivity contribution in [3.63, 3.8) is 0 Å². The summed E-state index contributed by atoms with van der Waals surface area (Å²) in [6.45, 7) is -0.874. The molecule has 3 fully saturated rings. The number of amides is 4. The van der Waals surface area contributed by atoms with Gasteiger partial charge >= 0.3 is 12.7 Å². The lowest BCUT2D eigenvalue weighted by atomic mass is 10.0. The molecule has 1 aromatic heterocycles. The fourth-order valence-electron chi connectivity index (χ4n) is 5.69. The first-order valence-corrected chi connectivity index (χ1v) is 16.4. The number of alkyl halides is 2. The third-order valence-electron chi connectivity index (χ3n) is 8.73. The van der Waals surface area contributed by atoms with E-state index in [0.717, 1.165) is 37.8 Å². The predicted molar refractivity (Wildman–Crippen MR) is 168 cm³/mol. The average Bonchev–Trinajstić information content (AvgIpc) is 4.04. The van der Waals surface area contributed by atoms with Gasteiger partial charge in [0.25, 0.3) is 5.91 Å². The molecule has 6 rings (SSSR count). The molecule has 13 nitrogen and oxygen atoms in total. The molecule has 1 saturated heterocycles. The first kappa shape index (κ1) is 35.5. The Morgan fingerprint density at radius 2 is 1.69 bits per heavy atom. The summed E-state index contributed by atoms with van der Waals surface area (Å²) < 4.78 is 76.5. The maximum absolute atomic E-state index is 15.2. The van der Waals surface area contributed by atoms with E-state index in [-0.39, 0.29) is 84.8 Å². The normalized spacial score (nSPS) is 17.1. The minimum Gasteiger partial charge on any atom is -0.489 e. The summed E-state index contributed by atoms with van der Waals surface area (Å²) in [5.41, 5.74) is 4.54. The number of oxazole rings is 1. The molecule has 2 saturated carbocycles. The van der Waals surface area contributed by atoms with Crippen LogP contribution in [0.5, 0.6) is 11.5 Å². The monoisotopic (exact) mass is 717 g/mol. The van der Waals surface area contributed by atoms with Crippen molar-refractivity contribution in [2.45, 2.75) is 51.4 Å². The molecule has 1 aliphatic heterocycles. The van der Waals surface area contributed by atoms with Crippen LogP contribution >= 0.6 is 0 Å². The first-order valence-electron chi connectivity index (χ1n) is 16.4. The van der Waals surface area contributed by atoms with Gasteiger partial charge in [0.05, 0.1) is 6.61 Å². The van der Waals surface area contributed by atoms with Crippen LogP contribution in [0.3, 0.4) is 0 Å². The highest BCUT2D eigenvalue weighted by Crippen LogP contribution is 2.38. The Morgan fingerprint density at radius 3 is 2.31 bits per heavy atom. The summed E-state index contributed by atoms with van der Waals surface area (Å²) in [5, 5.41) is 2.47. The molecular formula is C34H35F4N5O8. The van der Waals surface area contributed by atoms with Gasteiger partial charge in [-0.2, -0.15) is 8.78 Å². The Labute approximate surface area is 289 Å². The second kappa shape index (κ2) is 14.9. The SMILES string of the molecule is CC(OC(N)=O)c1oc(-c2ccc(OC(F)F)c(OCC3CC3)c2)nc1C(=O)NC(C(=O)N1CCN(C(=O)C2CC2)CC1)c1ccc(F)cc1F. The largest absolute Gasteiger partial charge is 0.489 e. The number of benzene rings is 2. The molecule has 0 bridgehead atoms. The van der Waals surface area contributed by atoms with Crippen LogP contribution in [0, 0.1) is 23.5 Å². The lowest BCUT2D eigenvalue weighted by Crippen LogP contribution is -2.53. The van der Waals surface area contributed by atoms with Crippen molar-refractivity contribution in [2.24, 2.45) is 17.6 Å². The van der Waals surface area contributed by atoms with Gasteiger partial charge in [-0.1, -0.05) is 6.07 Å².